The zero-order chi connectivity index (χ0) is 19.2. The summed E-state index contributed by atoms with van der Waals surface area (Å²) in [4.78, 5) is 12.9. The zero-order valence-electron chi connectivity index (χ0n) is 15.7. The molecule has 1 amide bonds. The maximum Gasteiger partial charge on any atom is 0.255 e. The highest BCUT2D eigenvalue weighted by atomic mass is 19.1. The van der Waals surface area contributed by atoms with Gasteiger partial charge < -0.3 is 15.8 Å². The summed E-state index contributed by atoms with van der Waals surface area (Å²) in [6, 6.07) is 12.4. The average Bonchev–Trinajstić information content (AvgIpc) is 3.09. The van der Waals surface area contributed by atoms with Crippen molar-refractivity contribution in [2.45, 2.75) is 38.6 Å². The van der Waals surface area contributed by atoms with E-state index >= 15 is 0 Å². The number of benzene rings is 2. The van der Waals surface area contributed by atoms with E-state index in [2.05, 4.69) is 5.32 Å². The van der Waals surface area contributed by atoms with E-state index in [0.717, 1.165) is 36.8 Å². The number of aryl methyl sites for hydroxylation is 1. The summed E-state index contributed by atoms with van der Waals surface area (Å²) >= 11 is 0. The highest BCUT2D eigenvalue weighted by Crippen LogP contribution is 2.30. The van der Waals surface area contributed by atoms with Gasteiger partial charge in [-0.2, -0.15) is 0 Å². The largest absolute Gasteiger partial charge is 0.491 e. The molecule has 0 saturated heterocycles. The van der Waals surface area contributed by atoms with Crippen LogP contribution in [0.15, 0.2) is 42.5 Å². The molecule has 1 fully saturated rings. The first kappa shape index (κ1) is 19.4. The molecule has 5 heteroatoms. The number of nitrogens with one attached hydrogen (secondary N) is 1. The van der Waals surface area contributed by atoms with Crippen LogP contribution in [0.3, 0.4) is 0 Å². The number of hydrogen-bond donors (Lipinski definition) is 2. The van der Waals surface area contributed by atoms with Crippen molar-refractivity contribution < 1.29 is 13.9 Å². The molecule has 2 aromatic rings. The van der Waals surface area contributed by atoms with Crippen molar-refractivity contribution in [1.82, 2.24) is 5.32 Å². The van der Waals surface area contributed by atoms with Gasteiger partial charge in [-0.3, -0.25) is 4.79 Å². The topological polar surface area (TPSA) is 64.3 Å². The maximum absolute atomic E-state index is 13.1. The summed E-state index contributed by atoms with van der Waals surface area (Å²) in [5.41, 5.74) is 8.18. The molecule has 2 aromatic carbocycles. The fraction of sp³-hybridized carbons (Fsp3) is 0.409. The smallest absolute Gasteiger partial charge is 0.255 e. The molecular formula is C22H27FN2O2. The van der Waals surface area contributed by atoms with Crippen LogP contribution in [0.25, 0.3) is 0 Å². The summed E-state index contributed by atoms with van der Waals surface area (Å²) in [5, 5.41) is 3.20. The Morgan fingerprint density at radius 2 is 2.00 bits per heavy atom. The van der Waals surface area contributed by atoms with Crippen LogP contribution >= 0.6 is 0 Å². The first-order chi connectivity index (χ1) is 13.1. The van der Waals surface area contributed by atoms with Gasteiger partial charge in [0.15, 0.2) is 0 Å². The highest BCUT2D eigenvalue weighted by Gasteiger charge is 2.29. The molecule has 27 heavy (non-hydrogen) atoms. The Morgan fingerprint density at radius 1 is 1.22 bits per heavy atom. The van der Waals surface area contributed by atoms with Gasteiger partial charge in [0.2, 0.25) is 0 Å². The summed E-state index contributed by atoms with van der Waals surface area (Å²) in [5.74, 6) is 0.593. The lowest BCUT2D eigenvalue weighted by Crippen LogP contribution is -2.38. The number of carbonyl (C=O) groups excluding carboxylic acids is 1. The third-order valence-corrected chi connectivity index (χ3v) is 5.14. The third-order valence-electron chi connectivity index (χ3n) is 5.14. The Bertz CT molecular complexity index is 776. The van der Waals surface area contributed by atoms with E-state index in [1.54, 1.807) is 0 Å². The van der Waals surface area contributed by atoms with Crippen LogP contribution in [0.4, 0.5) is 4.39 Å². The average molecular weight is 370 g/mol. The molecule has 0 spiro atoms. The lowest BCUT2D eigenvalue weighted by atomic mass is 9.94. The van der Waals surface area contributed by atoms with Gasteiger partial charge >= 0.3 is 0 Å². The number of hydrogen-bond acceptors (Lipinski definition) is 3. The summed E-state index contributed by atoms with van der Waals surface area (Å²) < 4.78 is 18.8. The first-order valence-electron chi connectivity index (χ1n) is 9.55. The number of nitrogens with two attached hydrogens (primary N) is 1. The molecule has 1 aliphatic carbocycles. The van der Waals surface area contributed by atoms with Crippen LogP contribution in [0.5, 0.6) is 5.75 Å². The predicted octanol–water partition coefficient (Wildman–Crippen LogP) is 3.61. The second-order valence-corrected chi connectivity index (χ2v) is 7.24. The van der Waals surface area contributed by atoms with Crippen molar-refractivity contribution in [3.63, 3.8) is 0 Å². The Morgan fingerprint density at radius 3 is 2.74 bits per heavy atom. The van der Waals surface area contributed by atoms with Crippen molar-refractivity contribution in [1.29, 1.82) is 0 Å². The second-order valence-electron chi connectivity index (χ2n) is 7.24. The molecule has 0 aliphatic heterocycles. The Labute approximate surface area is 159 Å². The molecule has 0 radical (unpaired) electrons. The van der Waals surface area contributed by atoms with Gasteiger partial charge in [0.25, 0.3) is 5.91 Å². The molecule has 0 heterocycles. The third kappa shape index (κ3) is 5.07. The SMILES string of the molecule is Cc1ccc(OCCN)c(C(=O)N[C@H]2CCC[C@H]2Cc2ccc(F)cc2)c1. The van der Waals surface area contributed by atoms with Crippen LogP contribution in [0.2, 0.25) is 0 Å². The van der Waals surface area contributed by atoms with E-state index in [0.29, 0.717) is 30.4 Å². The molecule has 3 N–H and O–H groups in total. The van der Waals surface area contributed by atoms with Gasteiger partial charge in [0.05, 0.1) is 5.56 Å². The Kier molecular flexibility index (Phi) is 6.45. The van der Waals surface area contributed by atoms with Crippen LogP contribution in [-0.2, 0) is 6.42 Å². The van der Waals surface area contributed by atoms with Crippen LogP contribution in [0.1, 0.15) is 40.7 Å². The predicted molar refractivity (Wildman–Crippen MR) is 104 cm³/mol. The van der Waals surface area contributed by atoms with E-state index in [1.165, 1.54) is 12.1 Å². The summed E-state index contributed by atoms with van der Waals surface area (Å²) in [6.45, 7) is 2.73. The molecule has 4 nitrogen and oxygen atoms in total. The van der Waals surface area contributed by atoms with Crippen LogP contribution < -0.4 is 15.8 Å². The van der Waals surface area contributed by atoms with E-state index in [1.807, 2.05) is 37.3 Å². The fourth-order valence-electron chi connectivity index (χ4n) is 3.76. The minimum Gasteiger partial charge on any atom is -0.491 e. The number of ether oxygens (including phenoxy) is 1. The number of halogens is 1. The quantitative estimate of drug-likeness (QED) is 0.782. The minimum absolute atomic E-state index is 0.110. The lowest BCUT2D eigenvalue weighted by molar-refractivity contribution is 0.0923. The lowest BCUT2D eigenvalue weighted by Gasteiger charge is -2.22. The molecule has 2 atom stereocenters. The van der Waals surface area contributed by atoms with Crippen LogP contribution in [-0.4, -0.2) is 25.1 Å². The summed E-state index contributed by atoms with van der Waals surface area (Å²) in [7, 11) is 0. The van der Waals surface area contributed by atoms with E-state index in [-0.39, 0.29) is 17.8 Å². The zero-order valence-corrected chi connectivity index (χ0v) is 15.7. The van der Waals surface area contributed by atoms with E-state index in [4.69, 9.17) is 10.5 Å². The maximum atomic E-state index is 13.1. The fourth-order valence-corrected chi connectivity index (χ4v) is 3.76. The molecule has 3 rings (SSSR count). The van der Waals surface area contributed by atoms with Crippen molar-refractivity contribution in [3.8, 4) is 5.75 Å². The standard InChI is InChI=1S/C22H27FN2O2/c1-15-5-10-21(27-12-11-24)19(13-15)22(26)25-20-4-2-3-17(20)14-16-6-8-18(23)9-7-16/h5-10,13,17,20H,2-4,11-12,14,24H2,1H3,(H,25,26)/t17-,20-/m0/s1. The van der Waals surface area contributed by atoms with Gasteiger partial charge in [-0.25, -0.2) is 4.39 Å². The minimum atomic E-state index is -0.223. The molecule has 0 unspecified atom stereocenters. The Hall–Kier alpha value is -2.40. The van der Waals surface area contributed by atoms with Crippen molar-refractivity contribution >= 4 is 5.91 Å². The molecule has 144 valence electrons. The van der Waals surface area contributed by atoms with Crippen molar-refractivity contribution in [2.75, 3.05) is 13.2 Å². The van der Waals surface area contributed by atoms with E-state index < -0.39 is 0 Å². The van der Waals surface area contributed by atoms with Crippen LogP contribution in [0, 0.1) is 18.7 Å². The monoisotopic (exact) mass is 370 g/mol. The number of rotatable bonds is 7. The van der Waals surface area contributed by atoms with Gasteiger partial charge in [-0.1, -0.05) is 30.2 Å². The first-order valence-corrected chi connectivity index (χ1v) is 9.55. The van der Waals surface area contributed by atoms with E-state index in [9.17, 15) is 9.18 Å². The van der Waals surface area contributed by atoms with Gasteiger partial charge in [0, 0.05) is 12.6 Å². The molecule has 0 bridgehead atoms. The molecule has 0 aromatic heterocycles. The summed E-state index contributed by atoms with van der Waals surface area (Å²) in [6.07, 6.45) is 3.95. The second kappa shape index (κ2) is 9.00. The molecule has 1 saturated carbocycles. The van der Waals surface area contributed by atoms with Gasteiger partial charge in [0.1, 0.15) is 18.2 Å². The normalized spacial score (nSPS) is 19.1. The Balaban J connectivity index is 1.69. The molecular weight excluding hydrogens is 343 g/mol. The van der Waals surface area contributed by atoms with Crippen molar-refractivity contribution in [3.05, 3.63) is 65.0 Å². The highest BCUT2D eigenvalue weighted by molar-refractivity contribution is 5.97. The van der Waals surface area contributed by atoms with Gasteiger partial charge in [-0.05, 0) is 61.9 Å². The van der Waals surface area contributed by atoms with Crippen molar-refractivity contribution in [2.24, 2.45) is 11.7 Å². The number of carbonyl (C=O) groups is 1. The number of amides is 1. The van der Waals surface area contributed by atoms with Gasteiger partial charge in [-0.15, -0.1) is 0 Å². The molecule has 1 aliphatic rings.